The van der Waals surface area contributed by atoms with E-state index in [1.54, 1.807) is 54.6 Å². The van der Waals surface area contributed by atoms with Crippen LogP contribution in [0.3, 0.4) is 0 Å². The molecule has 0 saturated carbocycles. The Labute approximate surface area is 140 Å². The van der Waals surface area contributed by atoms with Crippen molar-refractivity contribution in [3.8, 4) is 0 Å². The van der Waals surface area contributed by atoms with Crippen molar-refractivity contribution in [1.29, 1.82) is 0 Å². The van der Waals surface area contributed by atoms with Crippen LogP contribution >= 0.6 is 7.60 Å². The van der Waals surface area contributed by atoms with Crippen LogP contribution in [0.25, 0.3) is 0 Å². The molecule has 24 heavy (non-hydrogen) atoms. The lowest BCUT2D eigenvalue weighted by atomic mass is 9.90. The Balaban J connectivity index is 2.53. The molecule has 0 aromatic heterocycles. The number of hydrogen-bond donors (Lipinski definition) is 4. The normalized spacial score (nSPS) is 15.5. The van der Waals surface area contributed by atoms with Gasteiger partial charge in [0.15, 0.2) is 0 Å². The third-order valence-corrected chi connectivity index (χ3v) is 5.86. The van der Waals surface area contributed by atoms with E-state index in [-0.39, 0.29) is 6.42 Å². The van der Waals surface area contributed by atoms with Gasteiger partial charge in [-0.2, -0.15) is 0 Å². The van der Waals surface area contributed by atoms with Crippen molar-refractivity contribution in [2.24, 2.45) is 5.73 Å². The van der Waals surface area contributed by atoms with Gasteiger partial charge in [0.1, 0.15) is 11.2 Å². The van der Waals surface area contributed by atoms with Gasteiger partial charge < -0.3 is 20.6 Å². The van der Waals surface area contributed by atoms with Crippen molar-refractivity contribution in [3.05, 3.63) is 71.3 Å². The van der Waals surface area contributed by atoms with E-state index in [2.05, 4.69) is 0 Å². The summed E-state index contributed by atoms with van der Waals surface area (Å²) in [6, 6.07) is 14.0. The summed E-state index contributed by atoms with van der Waals surface area (Å²) >= 11 is 0. The molecule has 0 aliphatic rings. The summed E-state index contributed by atoms with van der Waals surface area (Å²) in [7, 11) is -4.55. The number of hydrogen-bond acceptors (Lipinski definition) is 3. The lowest BCUT2D eigenvalue weighted by molar-refractivity contribution is -0.138. The molecule has 0 bridgehead atoms. The van der Waals surface area contributed by atoms with Crippen LogP contribution in [-0.4, -0.2) is 26.9 Å². The minimum absolute atomic E-state index is 0.0786. The minimum atomic E-state index is -4.55. The van der Waals surface area contributed by atoms with E-state index in [0.717, 1.165) is 0 Å². The van der Waals surface area contributed by atoms with Gasteiger partial charge in [-0.05, 0) is 30.0 Å². The van der Waals surface area contributed by atoms with Crippen LogP contribution in [0.2, 0.25) is 0 Å². The molecule has 1 unspecified atom stereocenters. The third-order valence-electron chi connectivity index (χ3n) is 4.18. The maximum Gasteiger partial charge on any atom is 0.340 e. The van der Waals surface area contributed by atoms with Crippen molar-refractivity contribution in [2.75, 3.05) is 0 Å². The number of benzene rings is 2. The molecule has 7 heteroatoms. The van der Waals surface area contributed by atoms with Crippen LogP contribution in [0.1, 0.15) is 23.6 Å². The monoisotopic (exact) mass is 349 g/mol. The van der Waals surface area contributed by atoms with Crippen LogP contribution in [0, 0.1) is 0 Å². The van der Waals surface area contributed by atoms with Crippen LogP contribution < -0.4 is 5.73 Å². The highest BCUT2D eigenvalue weighted by Crippen LogP contribution is 2.60. The predicted octanol–water partition coefficient (Wildman–Crippen LogP) is 2.08. The van der Waals surface area contributed by atoms with Gasteiger partial charge in [-0.15, -0.1) is 0 Å². The fourth-order valence-electron chi connectivity index (χ4n) is 2.61. The molecule has 2 aromatic carbocycles. The first-order chi connectivity index (χ1) is 11.2. The molecule has 0 heterocycles. The Morgan fingerprint density at radius 2 is 1.71 bits per heavy atom. The lowest BCUT2D eigenvalue weighted by Crippen LogP contribution is -2.32. The molecule has 5 N–H and O–H groups in total. The molecule has 6 nitrogen and oxygen atoms in total. The molecule has 0 aliphatic carbocycles. The average molecular weight is 349 g/mol. The number of nitrogens with two attached hydrogens (primary N) is 1. The first-order valence-electron chi connectivity index (χ1n) is 7.35. The maximum absolute atomic E-state index is 12.3. The standard InChI is InChI=1S/C17H20NO5P/c1-17(24(21,22)23,13-7-3-2-4-8-13)14-9-5-6-12(10-14)11-15(18)16(19)20/h2-10,15H,11,18H2,1H3,(H,19,20)(H2,21,22,23)/t15-,17?/m0/s1. The highest BCUT2D eigenvalue weighted by atomic mass is 31.2. The molecule has 0 saturated heterocycles. The fraction of sp³-hybridized carbons (Fsp3) is 0.235. The second-order valence-corrected chi connectivity index (χ2v) is 7.81. The van der Waals surface area contributed by atoms with Gasteiger partial charge in [-0.1, -0.05) is 54.6 Å². The predicted molar refractivity (Wildman–Crippen MR) is 90.7 cm³/mol. The van der Waals surface area contributed by atoms with Crippen molar-refractivity contribution in [3.63, 3.8) is 0 Å². The van der Waals surface area contributed by atoms with E-state index in [9.17, 15) is 19.1 Å². The van der Waals surface area contributed by atoms with Gasteiger partial charge in [0.25, 0.3) is 0 Å². The number of carboxylic acid groups (broad SMARTS) is 1. The summed E-state index contributed by atoms with van der Waals surface area (Å²) in [6.45, 7) is 1.49. The molecule has 2 rings (SSSR count). The van der Waals surface area contributed by atoms with Crippen LogP contribution in [0.15, 0.2) is 54.6 Å². The Morgan fingerprint density at radius 1 is 1.12 bits per heavy atom. The molecule has 0 spiro atoms. The van der Waals surface area contributed by atoms with Crippen molar-refractivity contribution < 1.29 is 24.3 Å². The van der Waals surface area contributed by atoms with E-state index < -0.39 is 24.8 Å². The highest BCUT2D eigenvalue weighted by Gasteiger charge is 2.45. The van der Waals surface area contributed by atoms with E-state index >= 15 is 0 Å². The van der Waals surface area contributed by atoms with Crippen LogP contribution in [-0.2, 0) is 20.9 Å². The quantitative estimate of drug-likeness (QED) is 0.593. The molecule has 0 fully saturated rings. The zero-order valence-electron chi connectivity index (χ0n) is 13.2. The molecule has 0 aliphatic heterocycles. The molecule has 2 aromatic rings. The first-order valence-corrected chi connectivity index (χ1v) is 8.96. The number of carboxylic acids is 1. The zero-order chi connectivity index (χ0) is 18.0. The summed E-state index contributed by atoms with van der Waals surface area (Å²) in [5, 5.41) is 7.40. The van der Waals surface area contributed by atoms with Crippen LogP contribution in [0.5, 0.6) is 0 Å². The molecule has 128 valence electrons. The van der Waals surface area contributed by atoms with E-state index in [4.69, 9.17) is 10.8 Å². The number of aliphatic carboxylic acids is 1. The number of carbonyl (C=O) groups is 1. The van der Waals surface area contributed by atoms with Crippen molar-refractivity contribution in [2.45, 2.75) is 24.5 Å². The Kier molecular flexibility index (Phi) is 5.26. The molecule has 0 radical (unpaired) electrons. The topological polar surface area (TPSA) is 121 Å². The maximum atomic E-state index is 12.3. The minimum Gasteiger partial charge on any atom is -0.480 e. The van der Waals surface area contributed by atoms with Gasteiger partial charge in [0.05, 0.1) is 0 Å². The largest absolute Gasteiger partial charge is 0.480 e. The summed E-state index contributed by atoms with van der Waals surface area (Å²) in [5.74, 6) is -1.12. The molecule has 2 atom stereocenters. The number of rotatable bonds is 6. The van der Waals surface area contributed by atoms with Gasteiger partial charge in [-0.3, -0.25) is 9.36 Å². The summed E-state index contributed by atoms with van der Waals surface area (Å²) in [5.41, 5.74) is 7.06. The lowest BCUT2D eigenvalue weighted by Gasteiger charge is -2.32. The summed E-state index contributed by atoms with van der Waals surface area (Å²) in [4.78, 5) is 30.9. The van der Waals surface area contributed by atoms with E-state index in [0.29, 0.717) is 16.7 Å². The highest BCUT2D eigenvalue weighted by molar-refractivity contribution is 7.53. The van der Waals surface area contributed by atoms with E-state index in [1.807, 2.05) is 0 Å². The molecular weight excluding hydrogens is 329 g/mol. The van der Waals surface area contributed by atoms with Gasteiger partial charge in [0.2, 0.25) is 0 Å². The molecular formula is C17H20NO5P. The zero-order valence-corrected chi connectivity index (χ0v) is 14.1. The Bertz CT molecular complexity index is 774. The average Bonchev–Trinajstić information content (AvgIpc) is 2.54. The summed E-state index contributed by atoms with van der Waals surface area (Å²) in [6.07, 6.45) is 0.0786. The third kappa shape index (κ3) is 3.57. The van der Waals surface area contributed by atoms with Crippen molar-refractivity contribution in [1.82, 2.24) is 0 Å². The fourth-order valence-corrected chi connectivity index (χ4v) is 3.57. The second-order valence-electron chi connectivity index (χ2n) is 5.83. The first kappa shape index (κ1) is 18.4. The smallest absolute Gasteiger partial charge is 0.340 e. The summed E-state index contributed by atoms with van der Waals surface area (Å²) < 4.78 is 12.3. The van der Waals surface area contributed by atoms with Gasteiger partial charge in [-0.25, -0.2) is 0 Å². The molecule has 0 amide bonds. The Hall–Kier alpha value is -1.98. The van der Waals surface area contributed by atoms with Crippen LogP contribution in [0.4, 0.5) is 0 Å². The van der Waals surface area contributed by atoms with Gasteiger partial charge >= 0.3 is 13.6 Å². The van der Waals surface area contributed by atoms with Crippen molar-refractivity contribution >= 4 is 13.6 Å². The van der Waals surface area contributed by atoms with E-state index in [1.165, 1.54) is 6.92 Å². The Morgan fingerprint density at radius 3 is 2.25 bits per heavy atom. The van der Waals surface area contributed by atoms with Gasteiger partial charge in [0, 0.05) is 0 Å². The second kappa shape index (κ2) is 6.87. The SMILES string of the molecule is CC(c1ccccc1)(c1cccc(C[C@H](N)C(=O)O)c1)P(=O)(O)O.